The third kappa shape index (κ3) is 3.77. The Labute approximate surface area is 150 Å². The fourth-order valence-corrected chi connectivity index (χ4v) is 3.58. The number of carbonyl (C=O) groups is 2. The molecule has 1 fully saturated rings. The fraction of sp³-hybridized carbons (Fsp3) is 0.529. The van der Waals surface area contributed by atoms with Crippen LogP contribution in [0.2, 0.25) is 0 Å². The molecule has 0 spiro atoms. The molecular formula is C17H22N4O5. The predicted molar refractivity (Wildman–Crippen MR) is 95.4 cm³/mol. The third-order valence-corrected chi connectivity index (χ3v) is 5.05. The molecule has 0 saturated heterocycles. The van der Waals surface area contributed by atoms with Crippen LogP contribution in [-0.4, -0.2) is 52.0 Å². The summed E-state index contributed by atoms with van der Waals surface area (Å²) in [5.41, 5.74) is 1.78. The van der Waals surface area contributed by atoms with Crippen molar-refractivity contribution >= 4 is 28.9 Å². The number of nitro benzene ring substituents is 1. The van der Waals surface area contributed by atoms with Crippen LogP contribution in [0.3, 0.4) is 0 Å². The zero-order valence-corrected chi connectivity index (χ0v) is 14.5. The molecule has 9 heteroatoms. The van der Waals surface area contributed by atoms with E-state index in [1.54, 1.807) is 6.07 Å². The molecule has 1 heterocycles. The van der Waals surface area contributed by atoms with Crippen LogP contribution >= 0.6 is 0 Å². The van der Waals surface area contributed by atoms with Gasteiger partial charge in [0.2, 0.25) is 5.91 Å². The summed E-state index contributed by atoms with van der Waals surface area (Å²) in [5, 5.41) is 26.3. The van der Waals surface area contributed by atoms with E-state index in [9.17, 15) is 19.7 Å². The summed E-state index contributed by atoms with van der Waals surface area (Å²) in [6.07, 6.45) is 2.27. The zero-order chi connectivity index (χ0) is 18.8. The molecule has 1 aliphatic carbocycles. The van der Waals surface area contributed by atoms with Crippen LogP contribution in [0.15, 0.2) is 12.1 Å². The number of carboxylic acids is 1. The number of nitro groups is 1. The monoisotopic (exact) mass is 362 g/mol. The number of carbonyl (C=O) groups excluding carboxylic acids is 1. The molecule has 0 bridgehead atoms. The van der Waals surface area contributed by atoms with E-state index in [0.29, 0.717) is 30.8 Å². The van der Waals surface area contributed by atoms with E-state index in [-0.39, 0.29) is 30.2 Å². The number of anilines is 2. The van der Waals surface area contributed by atoms with Crippen molar-refractivity contribution in [1.29, 1.82) is 0 Å². The highest BCUT2D eigenvalue weighted by atomic mass is 16.6. The van der Waals surface area contributed by atoms with Crippen molar-refractivity contribution in [3.8, 4) is 0 Å². The molecule has 140 valence electrons. The van der Waals surface area contributed by atoms with Gasteiger partial charge in [-0.25, -0.2) is 0 Å². The summed E-state index contributed by atoms with van der Waals surface area (Å²) in [5.74, 6) is -0.947. The van der Waals surface area contributed by atoms with Gasteiger partial charge >= 0.3 is 5.97 Å². The summed E-state index contributed by atoms with van der Waals surface area (Å²) < 4.78 is 0. The van der Waals surface area contributed by atoms with Crippen LogP contribution in [-0.2, 0) is 16.0 Å². The average molecular weight is 362 g/mol. The van der Waals surface area contributed by atoms with Crippen LogP contribution in [0.4, 0.5) is 17.1 Å². The first-order valence-corrected chi connectivity index (χ1v) is 8.71. The number of nitrogens with zero attached hydrogens (tertiary/aromatic N) is 2. The number of aryl methyl sites for hydroxylation is 1. The summed E-state index contributed by atoms with van der Waals surface area (Å²) in [7, 11) is 0. The van der Waals surface area contributed by atoms with Crippen molar-refractivity contribution < 1.29 is 19.6 Å². The molecule has 26 heavy (non-hydrogen) atoms. The minimum Gasteiger partial charge on any atom is -0.480 e. The first-order chi connectivity index (χ1) is 12.4. The second-order valence-electron chi connectivity index (χ2n) is 6.76. The Bertz CT molecular complexity index is 745. The van der Waals surface area contributed by atoms with Gasteiger partial charge in [-0.1, -0.05) is 6.92 Å². The number of aliphatic carboxylic acids is 1. The van der Waals surface area contributed by atoms with Gasteiger partial charge in [0.05, 0.1) is 11.5 Å². The van der Waals surface area contributed by atoms with Gasteiger partial charge in [-0.3, -0.25) is 24.6 Å². The number of hydrogen-bond donors (Lipinski definition) is 3. The first-order valence-electron chi connectivity index (χ1n) is 8.71. The quantitative estimate of drug-likeness (QED) is 0.499. The lowest BCUT2D eigenvalue weighted by Gasteiger charge is -2.42. The van der Waals surface area contributed by atoms with Crippen LogP contribution in [0.1, 0.15) is 31.7 Å². The second-order valence-corrected chi connectivity index (χ2v) is 6.76. The number of rotatable bonds is 7. The molecule has 1 saturated carbocycles. The van der Waals surface area contributed by atoms with Crippen molar-refractivity contribution in [3.63, 3.8) is 0 Å². The molecule has 0 atom stereocenters. The molecule has 2 aliphatic rings. The van der Waals surface area contributed by atoms with E-state index in [2.05, 4.69) is 10.6 Å². The van der Waals surface area contributed by atoms with Crippen molar-refractivity contribution in [2.75, 3.05) is 23.7 Å². The highest BCUT2D eigenvalue weighted by Gasteiger charge is 2.35. The minimum absolute atomic E-state index is 0.00108. The molecule has 1 aliphatic heterocycles. The minimum atomic E-state index is -0.857. The smallest absolute Gasteiger partial charge is 0.317 e. The first kappa shape index (κ1) is 18.1. The number of amides is 1. The van der Waals surface area contributed by atoms with E-state index in [0.717, 1.165) is 18.4 Å². The number of benzene rings is 1. The highest BCUT2D eigenvalue weighted by molar-refractivity contribution is 5.95. The standard InChI is InChI=1S/C17H22N4O5/c1-2-20(9-17(23)24)12-6-11(7-12)18-14-8-13-10(3-4-16(22)19-13)5-15(14)21(25)26/h5,8,11-12,18H,2-4,6-7,9H2,1H3,(H,19,22)(H,23,24). The van der Waals surface area contributed by atoms with Gasteiger partial charge in [0.15, 0.2) is 0 Å². The lowest BCUT2D eigenvalue weighted by atomic mass is 9.85. The lowest BCUT2D eigenvalue weighted by molar-refractivity contribution is -0.384. The number of fused-ring (bicyclic) bond motifs is 1. The fourth-order valence-electron chi connectivity index (χ4n) is 3.58. The van der Waals surface area contributed by atoms with E-state index < -0.39 is 10.9 Å². The molecule has 0 radical (unpaired) electrons. The summed E-state index contributed by atoms with van der Waals surface area (Å²) in [6, 6.07) is 3.35. The van der Waals surface area contributed by atoms with E-state index in [1.807, 2.05) is 11.8 Å². The van der Waals surface area contributed by atoms with E-state index in [4.69, 9.17) is 5.11 Å². The number of likely N-dealkylation sites (N-methyl/N-ethyl adjacent to an activating group) is 1. The number of carboxylic acid groups (broad SMARTS) is 1. The summed E-state index contributed by atoms with van der Waals surface area (Å²) in [6.45, 7) is 2.56. The Balaban J connectivity index is 1.70. The van der Waals surface area contributed by atoms with Gasteiger partial charge in [0.1, 0.15) is 5.69 Å². The molecule has 1 amide bonds. The molecule has 3 N–H and O–H groups in total. The summed E-state index contributed by atoms with van der Waals surface area (Å²) >= 11 is 0. The van der Waals surface area contributed by atoms with Gasteiger partial charge in [-0.2, -0.15) is 0 Å². The topological polar surface area (TPSA) is 125 Å². The van der Waals surface area contributed by atoms with E-state index >= 15 is 0 Å². The molecule has 0 unspecified atom stereocenters. The van der Waals surface area contributed by atoms with Gasteiger partial charge in [-0.05, 0) is 37.4 Å². The number of hydrogen-bond acceptors (Lipinski definition) is 6. The van der Waals surface area contributed by atoms with Crippen LogP contribution in [0, 0.1) is 10.1 Å². The van der Waals surface area contributed by atoms with Crippen molar-refractivity contribution in [2.24, 2.45) is 0 Å². The highest BCUT2D eigenvalue weighted by Crippen LogP contribution is 2.37. The molecule has 1 aromatic carbocycles. The van der Waals surface area contributed by atoms with Crippen LogP contribution in [0.25, 0.3) is 0 Å². The Hall–Kier alpha value is -2.68. The van der Waals surface area contributed by atoms with Gasteiger partial charge < -0.3 is 15.7 Å². The Morgan fingerprint density at radius 1 is 1.42 bits per heavy atom. The van der Waals surface area contributed by atoms with Crippen molar-refractivity contribution in [2.45, 2.75) is 44.7 Å². The maximum Gasteiger partial charge on any atom is 0.317 e. The largest absolute Gasteiger partial charge is 0.480 e. The van der Waals surface area contributed by atoms with Crippen LogP contribution < -0.4 is 10.6 Å². The summed E-state index contributed by atoms with van der Waals surface area (Å²) in [4.78, 5) is 35.3. The molecular weight excluding hydrogens is 340 g/mol. The van der Waals surface area contributed by atoms with Gasteiger partial charge in [0.25, 0.3) is 5.69 Å². The lowest BCUT2D eigenvalue weighted by Crippen LogP contribution is -2.51. The van der Waals surface area contributed by atoms with E-state index in [1.165, 1.54) is 6.07 Å². The Kier molecular flexibility index (Phi) is 5.08. The van der Waals surface area contributed by atoms with Gasteiger partial charge in [-0.15, -0.1) is 0 Å². The molecule has 1 aromatic rings. The molecule has 0 aromatic heterocycles. The van der Waals surface area contributed by atoms with Crippen molar-refractivity contribution in [3.05, 3.63) is 27.8 Å². The van der Waals surface area contributed by atoms with Crippen molar-refractivity contribution in [1.82, 2.24) is 4.90 Å². The van der Waals surface area contributed by atoms with Gasteiger partial charge in [0, 0.05) is 30.3 Å². The average Bonchev–Trinajstić information content (AvgIpc) is 2.54. The third-order valence-electron chi connectivity index (χ3n) is 5.05. The zero-order valence-electron chi connectivity index (χ0n) is 14.5. The second kappa shape index (κ2) is 7.28. The Morgan fingerprint density at radius 2 is 2.15 bits per heavy atom. The Morgan fingerprint density at radius 3 is 2.77 bits per heavy atom. The number of nitrogens with one attached hydrogen (secondary N) is 2. The maximum atomic E-state index is 11.6. The normalized spacial score (nSPS) is 21.5. The molecule has 9 nitrogen and oxygen atoms in total. The SMILES string of the molecule is CCN(CC(=O)O)C1CC(Nc2cc3c(cc2[N+](=O)[O-])CCC(=O)N3)C1. The van der Waals surface area contributed by atoms with Crippen LogP contribution in [0.5, 0.6) is 0 Å². The maximum absolute atomic E-state index is 11.6. The predicted octanol–water partition coefficient (Wildman–Crippen LogP) is 1.83. The molecule has 3 rings (SSSR count).